The molecule has 0 radical (unpaired) electrons. The van der Waals surface area contributed by atoms with Crippen molar-refractivity contribution in [1.82, 2.24) is 10.3 Å². The van der Waals surface area contributed by atoms with Gasteiger partial charge in [0, 0.05) is 24.5 Å². The number of aromatic nitrogens is 1. The zero-order valence-corrected chi connectivity index (χ0v) is 8.93. The van der Waals surface area contributed by atoms with Crippen LogP contribution in [0.25, 0.3) is 4.85 Å². The van der Waals surface area contributed by atoms with E-state index in [2.05, 4.69) is 20.5 Å². The third-order valence-electron chi connectivity index (χ3n) is 2.43. The van der Waals surface area contributed by atoms with Gasteiger partial charge in [-0.2, -0.15) is 0 Å². The maximum Gasteiger partial charge on any atom is 0.246 e. The van der Waals surface area contributed by atoms with E-state index >= 15 is 0 Å². The van der Waals surface area contributed by atoms with Gasteiger partial charge in [-0.05, 0) is 12.5 Å². The van der Waals surface area contributed by atoms with Crippen molar-refractivity contribution < 1.29 is 9.59 Å². The highest BCUT2D eigenvalue weighted by molar-refractivity contribution is 5.99. The lowest BCUT2D eigenvalue weighted by Crippen LogP contribution is -2.37. The summed E-state index contributed by atoms with van der Waals surface area (Å²) in [7, 11) is 0. The van der Waals surface area contributed by atoms with Crippen molar-refractivity contribution in [3.8, 4) is 0 Å². The zero-order chi connectivity index (χ0) is 12.3. The number of anilines is 1. The van der Waals surface area contributed by atoms with Crippen LogP contribution in [0.15, 0.2) is 18.5 Å². The molecule has 1 aromatic heterocycles. The Morgan fingerprint density at radius 2 is 2.41 bits per heavy atom. The lowest BCUT2D eigenvalue weighted by atomic mass is 10.2. The molecule has 17 heavy (non-hydrogen) atoms. The van der Waals surface area contributed by atoms with E-state index in [-0.39, 0.29) is 11.8 Å². The standard InChI is InChI=1S/C11H10N4O2/c1-12-7-4-8(6-13-5-7)14-11(17)9-2-3-10(16)15-9/h4-6,9H,2-3H2,(H,14,17)(H,15,16). The summed E-state index contributed by atoms with van der Waals surface area (Å²) in [6, 6.07) is 1.05. The number of nitrogens with one attached hydrogen (secondary N) is 2. The maximum absolute atomic E-state index is 11.7. The third-order valence-corrected chi connectivity index (χ3v) is 2.43. The Morgan fingerprint density at radius 3 is 3.06 bits per heavy atom. The highest BCUT2D eigenvalue weighted by atomic mass is 16.2. The molecule has 0 bridgehead atoms. The lowest BCUT2D eigenvalue weighted by Gasteiger charge is -2.10. The Bertz CT molecular complexity index is 506. The first-order valence-electron chi connectivity index (χ1n) is 5.12. The van der Waals surface area contributed by atoms with Crippen molar-refractivity contribution in [3.05, 3.63) is 29.9 Å². The fourth-order valence-electron chi connectivity index (χ4n) is 1.60. The van der Waals surface area contributed by atoms with Crippen LogP contribution in [0.2, 0.25) is 0 Å². The molecule has 86 valence electrons. The van der Waals surface area contributed by atoms with Crippen LogP contribution in [0.5, 0.6) is 0 Å². The predicted octanol–water partition coefficient (Wildman–Crippen LogP) is 0.849. The van der Waals surface area contributed by atoms with E-state index in [1.807, 2.05) is 0 Å². The molecule has 1 saturated heterocycles. The summed E-state index contributed by atoms with van der Waals surface area (Å²) in [6.07, 6.45) is 3.75. The third kappa shape index (κ3) is 2.58. The number of nitrogens with zero attached hydrogens (tertiary/aromatic N) is 2. The average molecular weight is 230 g/mol. The molecule has 1 fully saturated rings. The van der Waals surface area contributed by atoms with E-state index in [0.29, 0.717) is 24.2 Å². The predicted molar refractivity (Wildman–Crippen MR) is 60.3 cm³/mol. The monoisotopic (exact) mass is 230 g/mol. The van der Waals surface area contributed by atoms with Crippen LogP contribution in [0.1, 0.15) is 12.8 Å². The molecule has 0 aliphatic carbocycles. The maximum atomic E-state index is 11.7. The molecule has 1 unspecified atom stereocenters. The zero-order valence-electron chi connectivity index (χ0n) is 8.93. The van der Waals surface area contributed by atoms with Gasteiger partial charge < -0.3 is 10.6 Å². The summed E-state index contributed by atoms with van der Waals surface area (Å²) in [5.41, 5.74) is 0.822. The molecule has 1 atom stereocenters. The largest absolute Gasteiger partial charge is 0.344 e. The van der Waals surface area contributed by atoms with Gasteiger partial charge >= 0.3 is 0 Å². The normalized spacial score (nSPS) is 18.3. The molecule has 0 spiro atoms. The molecule has 1 aliphatic rings. The van der Waals surface area contributed by atoms with Crippen LogP contribution in [0.3, 0.4) is 0 Å². The second kappa shape index (κ2) is 4.61. The van der Waals surface area contributed by atoms with Gasteiger partial charge in [-0.3, -0.25) is 14.6 Å². The number of rotatable bonds is 2. The molecule has 1 aliphatic heterocycles. The molecule has 2 rings (SSSR count). The summed E-state index contributed by atoms with van der Waals surface area (Å²) in [5.74, 6) is -0.391. The summed E-state index contributed by atoms with van der Waals surface area (Å²) in [4.78, 5) is 29.7. The first kappa shape index (κ1) is 11.1. The fraction of sp³-hybridized carbons (Fsp3) is 0.273. The van der Waals surface area contributed by atoms with E-state index < -0.39 is 6.04 Å². The van der Waals surface area contributed by atoms with Gasteiger partial charge in [0.25, 0.3) is 0 Å². The SMILES string of the molecule is [C-]#[N+]c1cncc(NC(=O)C2CCC(=O)N2)c1. The molecule has 1 aromatic rings. The Labute approximate surface area is 97.9 Å². The highest BCUT2D eigenvalue weighted by Crippen LogP contribution is 2.16. The Kier molecular flexibility index (Phi) is 3.01. The molecule has 2 N–H and O–H groups in total. The van der Waals surface area contributed by atoms with Gasteiger partial charge in [0.05, 0.1) is 6.57 Å². The second-order valence-corrected chi connectivity index (χ2v) is 3.69. The number of hydrogen-bond acceptors (Lipinski definition) is 3. The average Bonchev–Trinajstić information content (AvgIpc) is 2.76. The topological polar surface area (TPSA) is 75.5 Å². The molecule has 2 amide bonds. The molecule has 6 heteroatoms. The van der Waals surface area contributed by atoms with Crippen LogP contribution in [0.4, 0.5) is 11.4 Å². The van der Waals surface area contributed by atoms with Crippen molar-refractivity contribution in [2.75, 3.05) is 5.32 Å². The first-order chi connectivity index (χ1) is 8.19. The Morgan fingerprint density at radius 1 is 1.59 bits per heavy atom. The first-order valence-corrected chi connectivity index (χ1v) is 5.12. The van der Waals surface area contributed by atoms with Crippen molar-refractivity contribution in [1.29, 1.82) is 0 Å². The van der Waals surface area contributed by atoms with Crippen LogP contribution in [-0.4, -0.2) is 22.8 Å². The van der Waals surface area contributed by atoms with Crippen LogP contribution < -0.4 is 10.6 Å². The Hall–Kier alpha value is -2.42. The minimum atomic E-state index is -0.487. The lowest BCUT2D eigenvalue weighted by molar-refractivity contribution is -0.122. The molecular formula is C11H10N4O2. The fourth-order valence-corrected chi connectivity index (χ4v) is 1.60. The van der Waals surface area contributed by atoms with Gasteiger partial charge in [-0.25, -0.2) is 4.85 Å². The van der Waals surface area contributed by atoms with Gasteiger partial charge in [0.1, 0.15) is 6.04 Å². The van der Waals surface area contributed by atoms with Crippen LogP contribution >= 0.6 is 0 Å². The highest BCUT2D eigenvalue weighted by Gasteiger charge is 2.27. The molecule has 0 aromatic carbocycles. The van der Waals surface area contributed by atoms with E-state index in [4.69, 9.17) is 6.57 Å². The van der Waals surface area contributed by atoms with Gasteiger partial charge in [-0.15, -0.1) is 0 Å². The minimum Gasteiger partial charge on any atom is -0.344 e. The smallest absolute Gasteiger partial charge is 0.246 e. The second-order valence-electron chi connectivity index (χ2n) is 3.69. The number of carbonyl (C=O) groups excluding carboxylic acids is 2. The van der Waals surface area contributed by atoms with Crippen molar-refractivity contribution >= 4 is 23.2 Å². The summed E-state index contributed by atoms with van der Waals surface area (Å²) >= 11 is 0. The Balaban J connectivity index is 2.03. The van der Waals surface area contributed by atoms with E-state index in [1.165, 1.54) is 18.5 Å². The van der Waals surface area contributed by atoms with Gasteiger partial charge in [-0.1, -0.05) is 0 Å². The number of amides is 2. The van der Waals surface area contributed by atoms with Gasteiger partial charge in [0.2, 0.25) is 17.5 Å². The number of hydrogen-bond donors (Lipinski definition) is 2. The summed E-state index contributed by atoms with van der Waals surface area (Å²) in [6.45, 7) is 6.83. The van der Waals surface area contributed by atoms with Crippen molar-refractivity contribution in [2.45, 2.75) is 18.9 Å². The van der Waals surface area contributed by atoms with Gasteiger partial charge in [0.15, 0.2) is 0 Å². The van der Waals surface area contributed by atoms with Crippen LogP contribution in [0, 0.1) is 6.57 Å². The number of carbonyl (C=O) groups is 2. The molecular weight excluding hydrogens is 220 g/mol. The molecule has 2 heterocycles. The summed E-state index contributed by atoms with van der Waals surface area (Å²) in [5, 5.41) is 5.19. The van der Waals surface area contributed by atoms with Crippen LogP contribution in [-0.2, 0) is 9.59 Å². The molecule has 6 nitrogen and oxygen atoms in total. The summed E-state index contributed by atoms with van der Waals surface area (Å²) < 4.78 is 0. The van der Waals surface area contributed by atoms with E-state index in [1.54, 1.807) is 0 Å². The molecule has 0 saturated carbocycles. The van der Waals surface area contributed by atoms with E-state index in [0.717, 1.165) is 0 Å². The quantitative estimate of drug-likeness (QED) is 0.739. The van der Waals surface area contributed by atoms with Crippen molar-refractivity contribution in [2.24, 2.45) is 0 Å². The minimum absolute atomic E-state index is 0.113. The van der Waals surface area contributed by atoms with E-state index in [9.17, 15) is 9.59 Å². The van der Waals surface area contributed by atoms with Crippen molar-refractivity contribution in [3.63, 3.8) is 0 Å². The number of pyridine rings is 1.